The third-order valence-electron chi connectivity index (χ3n) is 10.8. The largest absolute Gasteiger partial charge is 0.462 e. The molecule has 0 heterocycles. The van der Waals surface area contributed by atoms with E-state index in [-0.39, 0.29) is 37.5 Å². The van der Waals surface area contributed by atoms with Crippen molar-refractivity contribution >= 4 is 17.9 Å². The maximum Gasteiger partial charge on any atom is 0.306 e. The highest BCUT2D eigenvalue weighted by atomic mass is 16.6. The minimum absolute atomic E-state index is 0.0911. The number of unbranched alkanes of at least 4 members (excludes halogenated alkanes) is 24. The molecule has 0 spiro atoms. The topological polar surface area (TPSA) is 78.9 Å². The van der Waals surface area contributed by atoms with E-state index in [1.54, 1.807) is 0 Å². The summed E-state index contributed by atoms with van der Waals surface area (Å²) in [5.74, 6) is -0.937. The van der Waals surface area contributed by atoms with Crippen LogP contribution in [0.15, 0.2) is 60.8 Å². The Morgan fingerprint density at radius 3 is 1.07 bits per heavy atom. The van der Waals surface area contributed by atoms with E-state index >= 15 is 0 Å². The highest BCUT2D eigenvalue weighted by Gasteiger charge is 2.19. The number of carbonyl (C=O) groups is 3. The average molecular weight is 839 g/mol. The average Bonchev–Trinajstić information content (AvgIpc) is 3.24. The molecule has 0 bridgehead atoms. The Morgan fingerprint density at radius 1 is 0.350 bits per heavy atom. The molecular weight excluding hydrogens is 745 g/mol. The fourth-order valence-corrected chi connectivity index (χ4v) is 6.96. The molecule has 346 valence electrons. The number of allylic oxidation sites excluding steroid dienone is 10. The van der Waals surface area contributed by atoms with Crippen molar-refractivity contribution in [1.29, 1.82) is 0 Å². The summed E-state index contributed by atoms with van der Waals surface area (Å²) in [4.78, 5) is 37.8. The first kappa shape index (κ1) is 57.1. The normalized spacial score (nSPS) is 12.5. The monoisotopic (exact) mass is 839 g/mol. The molecule has 6 nitrogen and oxygen atoms in total. The molecule has 0 aliphatic heterocycles. The molecule has 60 heavy (non-hydrogen) atoms. The number of hydrogen-bond acceptors (Lipinski definition) is 6. The molecule has 0 saturated carbocycles. The molecule has 0 aromatic heterocycles. The van der Waals surface area contributed by atoms with Gasteiger partial charge in [0.1, 0.15) is 13.2 Å². The molecule has 0 aliphatic carbocycles. The molecule has 0 aromatic carbocycles. The third kappa shape index (κ3) is 46.2. The standard InChI is InChI=1S/C54H94O6/c1-4-7-10-13-16-19-21-23-25-26-27-29-30-32-35-38-41-44-47-53(56)59-50-51(49-58-52(55)46-43-40-37-34-18-15-12-9-6-3)60-54(57)48-45-42-39-36-33-31-28-24-22-20-17-14-11-8-5-2/h8,11,17,20,24-26,28,33,36,51H,4-7,9-10,12-16,18-19,21-23,27,29-32,34-35,37-50H2,1-3H3/b11-8-,20-17-,26-25-,28-24-,36-33-. The summed E-state index contributed by atoms with van der Waals surface area (Å²) in [6.45, 7) is 6.47. The van der Waals surface area contributed by atoms with Crippen LogP contribution in [0.5, 0.6) is 0 Å². The van der Waals surface area contributed by atoms with E-state index in [0.717, 1.165) is 77.0 Å². The maximum atomic E-state index is 12.7. The van der Waals surface area contributed by atoms with Crippen LogP contribution in [0.4, 0.5) is 0 Å². The van der Waals surface area contributed by atoms with Crippen LogP contribution >= 0.6 is 0 Å². The summed E-state index contributed by atoms with van der Waals surface area (Å²) in [5, 5.41) is 0. The van der Waals surface area contributed by atoms with Crippen molar-refractivity contribution in [2.24, 2.45) is 0 Å². The van der Waals surface area contributed by atoms with Gasteiger partial charge in [0.2, 0.25) is 0 Å². The molecule has 0 amide bonds. The van der Waals surface area contributed by atoms with Gasteiger partial charge in [-0.05, 0) is 83.5 Å². The van der Waals surface area contributed by atoms with E-state index in [2.05, 4.69) is 81.5 Å². The van der Waals surface area contributed by atoms with E-state index < -0.39 is 6.10 Å². The van der Waals surface area contributed by atoms with Crippen LogP contribution in [0.2, 0.25) is 0 Å². The Kier molecular flexibility index (Phi) is 46.4. The van der Waals surface area contributed by atoms with Crippen LogP contribution in [-0.2, 0) is 28.6 Å². The molecule has 0 rings (SSSR count). The minimum atomic E-state index is -0.794. The van der Waals surface area contributed by atoms with Gasteiger partial charge in [-0.15, -0.1) is 0 Å². The van der Waals surface area contributed by atoms with Gasteiger partial charge >= 0.3 is 17.9 Å². The Bertz CT molecular complexity index is 1100. The Hall–Kier alpha value is -2.89. The second-order valence-corrected chi connectivity index (χ2v) is 16.7. The lowest BCUT2D eigenvalue weighted by molar-refractivity contribution is -0.167. The lowest BCUT2D eigenvalue weighted by Gasteiger charge is -2.18. The van der Waals surface area contributed by atoms with Gasteiger partial charge in [-0.1, -0.05) is 204 Å². The molecular formula is C54H94O6. The summed E-state index contributed by atoms with van der Waals surface area (Å²) < 4.78 is 16.7. The number of carbonyl (C=O) groups excluding carboxylic acids is 3. The van der Waals surface area contributed by atoms with Crippen molar-refractivity contribution in [2.45, 2.75) is 252 Å². The third-order valence-corrected chi connectivity index (χ3v) is 10.8. The number of rotatable bonds is 45. The summed E-state index contributed by atoms with van der Waals surface area (Å²) in [7, 11) is 0. The number of ether oxygens (including phenoxy) is 3. The molecule has 6 heteroatoms. The summed E-state index contributed by atoms with van der Waals surface area (Å²) in [6.07, 6.45) is 59.3. The van der Waals surface area contributed by atoms with Gasteiger partial charge in [-0.25, -0.2) is 0 Å². The van der Waals surface area contributed by atoms with Crippen molar-refractivity contribution in [2.75, 3.05) is 13.2 Å². The smallest absolute Gasteiger partial charge is 0.306 e. The number of hydrogen-bond donors (Lipinski definition) is 0. The van der Waals surface area contributed by atoms with Gasteiger partial charge in [0.05, 0.1) is 0 Å². The maximum absolute atomic E-state index is 12.7. The Morgan fingerprint density at radius 2 is 0.650 bits per heavy atom. The van der Waals surface area contributed by atoms with Crippen LogP contribution in [0, 0.1) is 0 Å². The van der Waals surface area contributed by atoms with Crippen molar-refractivity contribution in [3.8, 4) is 0 Å². The first-order chi connectivity index (χ1) is 29.5. The first-order valence-corrected chi connectivity index (χ1v) is 25.3. The molecule has 0 N–H and O–H groups in total. The van der Waals surface area contributed by atoms with Gasteiger partial charge in [0.25, 0.3) is 0 Å². The van der Waals surface area contributed by atoms with E-state index in [9.17, 15) is 14.4 Å². The Labute approximate surface area is 370 Å². The van der Waals surface area contributed by atoms with E-state index in [0.29, 0.717) is 19.3 Å². The highest BCUT2D eigenvalue weighted by molar-refractivity contribution is 5.71. The van der Waals surface area contributed by atoms with E-state index in [1.807, 2.05) is 0 Å². The first-order valence-electron chi connectivity index (χ1n) is 25.3. The van der Waals surface area contributed by atoms with Crippen molar-refractivity contribution in [3.05, 3.63) is 60.8 Å². The van der Waals surface area contributed by atoms with Crippen molar-refractivity contribution < 1.29 is 28.6 Å². The SMILES string of the molecule is CC/C=C\C/C=C\C/C=C\C/C=C\CCCCC(=O)OC(COC(=O)CCCCCCCCC/C=C\CCCCCCCCC)COC(=O)CCCCCCCCCCC. The Balaban J connectivity index is 4.37. The second kappa shape index (κ2) is 48.8. The zero-order chi connectivity index (χ0) is 43.7. The molecule has 0 radical (unpaired) electrons. The lowest BCUT2D eigenvalue weighted by Crippen LogP contribution is -2.30. The fourth-order valence-electron chi connectivity index (χ4n) is 6.96. The van der Waals surface area contributed by atoms with Crippen LogP contribution in [0.25, 0.3) is 0 Å². The highest BCUT2D eigenvalue weighted by Crippen LogP contribution is 2.14. The molecule has 0 aliphatic rings. The second-order valence-electron chi connectivity index (χ2n) is 16.7. The fraction of sp³-hybridized carbons (Fsp3) is 0.759. The van der Waals surface area contributed by atoms with Crippen molar-refractivity contribution in [1.82, 2.24) is 0 Å². The van der Waals surface area contributed by atoms with E-state index in [4.69, 9.17) is 14.2 Å². The molecule has 0 saturated heterocycles. The van der Waals surface area contributed by atoms with Crippen LogP contribution in [-0.4, -0.2) is 37.2 Å². The molecule has 1 atom stereocenters. The zero-order valence-corrected chi connectivity index (χ0v) is 39.5. The van der Waals surface area contributed by atoms with Gasteiger partial charge in [-0.2, -0.15) is 0 Å². The van der Waals surface area contributed by atoms with Crippen LogP contribution in [0.3, 0.4) is 0 Å². The minimum Gasteiger partial charge on any atom is -0.462 e. The lowest BCUT2D eigenvalue weighted by atomic mass is 10.1. The summed E-state index contributed by atoms with van der Waals surface area (Å²) in [6, 6.07) is 0. The van der Waals surface area contributed by atoms with Crippen molar-refractivity contribution in [3.63, 3.8) is 0 Å². The predicted molar refractivity (Wildman–Crippen MR) is 256 cm³/mol. The number of esters is 3. The van der Waals surface area contributed by atoms with Gasteiger partial charge < -0.3 is 14.2 Å². The summed E-state index contributed by atoms with van der Waals surface area (Å²) in [5.41, 5.74) is 0. The molecule has 1 unspecified atom stereocenters. The summed E-state index contributed by atoms with van der Waals surface area (Å²) >= 11 is 0. The van der Waals surface area contributed by atoms with Gasteiger partial charge in [-0.3, -0.25) is 14.4 Å². The van der Waals surface area contributed by atoms with Crippen LogP contribution < -0.4 is 0 Å². The quantitative estimate of drug-likeness (QED) is 0.0263. The molecule has 0 fully saturated rings. The van der Waals surface area contributed by atoms with Gasteiger partial charge in [0.15, 0.2) is 6.10 Å². The van der Waals surface area contributed by atoms with E-state index in [1.165, 1.54) is 122 Å². The predicted octanol–water partition coefficient (Wildman–Crippen LogP) is 16.5. The van der Waals surface area contributed by atoms with Gasteiger partial charge in [0, 0.05) is 19.3 Å². The van der Waals surface area contributed by atoms with Crippen LogP contribution in [0.1, 0.15) is 245 Å². The zero-order valence-electron chi connectivity index (χ0n) is 39.5. The molecule has 0 aromatic rings.